The van der Waals surface area contributed by atoms with Crippen molar-refractivity contribution in [2.45, 2.75) is 58.0 Å². The van der Waals surface area contributed by atoms with Gasteiger partial charge in [0.15, 0.2) is 0 Å². The maximum Gasteiger partial charge on any atom is 0.0637 e. The summed E-state index contributed by atoms with van der Waals surface area (Å²) in [6.07, 6.45) is 12.3. The lowest BCUT2D eigenvalue weighted by Gasteiger charge is -2.31. The van der Waals surface area contributed by atoms with Gasteiger partial charge in [0.1, 0.15) is 0 Å². The molecule has 0 saturated carbocycles. The summed E-state index contributed by atoms with van der Waals surface area (Å²) in [4.78, 5) is 0. The molecule has 14 heavy (non-hydrogen) atoms. The van der Waals surface area contributed by atoms with Crippen molar-refractivity contribution in [2.24, 2.45) is 5.92 Å². The summed E-state index contributed by atoms with van der Waals surface area (Å²) in [7, 11) is 0. The summed E-state index contributed by atoms with van der Waals surface area (Å²) >= 11 is 0. The summed E-state index contributed by atoms with van der Waals surface area (Å²) in [5.41, 5.74) is 1.66. The molecule has 0 amide bonds. The fourth-order valence-electron chi connectivity index (χ4n) is 2.73. The number of rotatable bonds is 2. The zero-order chi connectivity index (χ0) is 9.80. The Morgan fingerprint density at radius 1 is 1.29 bits per heavy atom. The van der Waals surface area contributed by atoms with E-state index in [2.05, 4.69) is 13.0 Å². The Balaban J connectivity index is 1.95. The monoisotopic (exact) mass is 194 g/mol. The van der Waals surface area contributed by atoms with Gasteiger partial charge in [0.05, 0.1) is 6.10 Å². The molecule has 0 N–H and O–H groups in total. The Bertz CT molecular complexity index is 201. The van der Waals surface area contributed by atoms with Gasteiger partial charge in [0, 0.05) is 12.5 Å². The predicted molar refractivity (Wildman–Crippen MR) is 59.3 cm³/mol. The average Bonchev–Trinajstić information content (AvgIpc) is 2.30. The molecule has 0 bridgehead atoms. The molecule has 2 aliphatic rings. The maximum atomic E-state index is 5.87. The molecule has 1 fully saturated rings. The van der Waals surface area contributed by atoms with E-state index in [1.54, 1.807) is 5.57 Å². The van der Waals surface area contributed by atoms with Crippen molar-refractivity contribution in [3.8, 4) is 0 Å². The van der Waals surface area contributed by atoms with E-state index in [1.165, 1.54) is 44.9 Å². The first kappa shape index (κ1) is 10.2. The molecule has 1 heterocycles. The molecule has 1 saturated heterocycles. The van der Waals surface area contributed by atoms with E-state index in [0.29, 0.717) is 6.10 Å². The quantitative estimate of drug-likeness (QED) is 0.609. The third-order valence-electron chi connectivity index (χ3n) is 3.63. The third kappa shape index (κ3) is 2.38. The van der Waals surface area contributed by atoms with E-state index >= 15 is 0 Å². The van der Waals surface area contributed by atoms with Crippen LogP contribution in [-0.2, 0) is 4.74 Å². The van der Waals surface area contributed by atoms with Crippen LogP contribution in [0.25, 0.3) is 0 Å². The van der Waals surface area contributed by atoms with Crippen LogP contribution >= 0.6 is 0 Å². The van der Waals surface area contributed by atoms with Crippen LogP contribution in [0, 0.1) is 5.92 Å². The third-order valence-corrected chi connectivity index (χ3v) is 3.63. The van der Waals surface area contributed by atoms with Crippen molar-refractivity contribution in [3.63, 3.8) is 0 Å². The van der Waals surface area contributed by atoms with E-state index in [4.69, 9.17) is 4.74 Å². The molecule has 2 atom stereocenters. The highest BCUT2D eigenvalue weighted by Crippen LogP contribution is 2.31. The Morgan fingerprint density at radius 2 is 2.21 bits per heavy atom. The molecular formula is C13H22O. The van der Waals surface area contributed by atoms with Gasteiger partial charge in [-0.1, -0.05) is 18.6 Å². The molecule has 1 nitrogen and oxygen atoms in total. The lowest BCUT2D eigenvalue weighted by Crippen LogP contribution is -2.28. The standard InChI is InChI=1S/C13H22O/c1-2-11-6-5-7-12(10-11)13-8-3-4-9-14-13/h10,12-13H,2-9H2,1H3. The van der Waals surface area contributed by atoms with Crippen LogP contribution in [0.5, 0.6) is 0 Å². The van der Waals surface area contributed by atoms with Gasteiger partial charge in [-0.2, -0.15) is 0 Å². The first-order valence-electron chi connectivity index (χ1n) is 6.21. The fourth-order valence-corrected chi connectivity index (χ4v) is 2.73. The Kier molecular flexibility index (Phi) is 3.63. The van der Waals surface area contributed by atoms with E-state index < -0.39 is 0 Å². The van der Waals surface area contributed by atoms with Crippen LogP contribution in [0.1, 0.15) is 51.9 Å². The second kappa shape index (κ2) is 4.97. The normalized spacial score (nSPS) is 33.9. The molecule has 1 aliphatic heterocycles. The first-order chi connectivity index (χ1) is 6.90. The van der Waals surface area contributed by atoms with Crippen LogP contribution in [-0.4, -0.2) is 12.7 Å². The van der Waals surface area contributed by atoms with E-state index in [-0.39, 0.29) is 0 Å². The minimum absolute atomic E-state index is 0.547. The highest BCUT2D eigenvalue weighted by Gasteiger charge is 2.24. The van der Waals surface area contributed by atoms with Crippen LogP contribution in [0.4, 0.5) is 0 Å². The second-order valence-corrected chi connectivity index (χ2v) is 4.64. The topological polar surface area (TPSA) is 9.23 Å². The van der Waals surface area contributed by atoms with Gasteiger partial charge < -0.3 is 4.74 Å². The first-order valence-corrected chi connectivity index (χ1v) is 6.21. The van der Waals surface area contributed by atoms with Crippen molar-refractivity contribution >= 4 is 0 Å². The lowest BCUT2D eigenvalue weighted by atomic mass is 9.83. The summed E-state index contributed by atoms with van der Waals surface area (Å²) in [6.45, 7) is 3.27. The average molecular weight is 194 g/mol. The predicted octanol–water partition coefficient (Wildman–Crippen LogP) is 3.69. The van der Waals surface area contributed by atoms with Gasteiger partial charge in [-0.15, -0.1) is 0 Å². The molecular weight excluding hydrogens is 172 g/mol. The molecule has 0 aromatic carbocycles. The van der Waals surface area contributed by atoms with Crippen LogP contribution in [0.15, 0.2) is 11.6 Å². The minimum atomic E-state index is 0.547. The molecule has 80 valence electrons. The van der Waals surface area contributed by atoms with Gasteiger partial charge in [-0.25, -0.2) is 0 Å². The van der Waals surface area contributed by atoms with Crippen molar-refractivity contribution < 1.29 is 4.74 Å². The van der Waals surface area contributed by atoms with Gasteiger partial charge in [0.2, 0.25) is 0 Å². The van der Waals surface area contributed by atoms with E-state index in [1.807, 2.05) is 0 Å². The highest BCUT2D eigenvalue weighted by molar-refractivity contribution is 5.09. The number of hydrogen-bond acceptors (Lipinski definition) is 1. The van der Waals surface area contributed by atoms with Gasteiger partial charge >= 0.3 is 0 Å². The maximum absolute atomic E-state index is 5.87. The molecule has 1 heteroatoms. The fraction of sp³-hybridized carbons (Fsp3) is 0.846. The molecule has 2 rings (SSSR count). The van der Waals surface area contributed by atoms with Crippen molar-refractivity contribution in [2.75, 3.05) is 6.61 Å². The zero-order valence-electron chi connectivity index (χ0n) is 9.30. The minimum Gasteiger partial charge on any atom is -0.378 e. The van der Waals surface area contributed by atoms with Gasteiger partial charge in [-0.05, 0) is 44.9 Å². The molecule has 0 spiro atoms. The van der Waals surface area contributed by atoms with E-state index in [0.717, 1.165) is 12.5 Å². The molecule has 1 aliphatic carbocycles. The number of hydrogen-bond donors (Lipinski definition) is 0. The van der Waals surface area contributed by atoms with Gasteiger partial charge in [0.25, 0.3) is 0 Å². The Labute approximate surface area is 87.5 Å². The largest absolute Gasteiger partial charge is 0.378 e. The summed E-state index contributed by atoms with van der Waals surface area (Å²) < 4.78 is 5.87. The lowest BCUT2D eigenvalue weighted by molar-refractivity contribution is -0.0124. The molecule has 0 aromatic rings. The van der Waals surface area contributed by atoms with Crippen LogP contribution in [0.2, 0.25) is 0 Å². The number of ether oxygens (including phenoxy) is 1. The van der Waals surface area contributed by atoms with Crippen LogP contribution < -0.4 is 0 Å². The highest BCUT2D eigenvalue weighted by atomic mass is 16.5. The summed E-state index contributed by atoms with van der Waals surface area (Å²) in [5.74, 6) is 0.735. The van der Waals surface area contributed by atoms with Crippen molar-refractivity contribution in [1.82, 2.24) is 0 Å². The second-order valence-electron chi connectivity index (χ2n) is 4.64. The molecule has 0 aromatic heterocycles. The Morgan fingerprint density at radius 3 is 2.93 bits per heavy atom. The van der Waals surface area contributed by atoms with Gasteiger partial charge in [-0.3, -0.25) is 0 Å². The van der Waals surface area contributed by atoms with E-state index in [9.17, 15) is 0 Å². The summed E-state index contributed by atoms with van der Waals surface area (Å²) in [5, 5.41) is 0. The Hall–Kier alpha value is -0.300. The van der Waals surface area contributed by atoms with Crippen molar-refractivity contribution in [3.05, 3.63) is 11.6 Å². The smallest absolute Gasteiger partial charge is 0.0637 e. The molecule has 2 unspecified atom stereocenters. The number of allylic oxidation sites excluding steroid dienone is 1. The van der Waals surface area contributed by atoms with Crippen molar-refractivity contribution in [1.29, 1.82) is 0 Å². The summed E-state index contributed by atoms with van der Waals surface area (Å²) in [6, 6.07) is 0. The molecule has 0 radical (unpaired) electrons. The van der Waals surface area contributed by atoms with Crippen LogP contribution in [0.3, 0.4) is 0 Å². The SMILES string of the molecule is CCC1=CC(C2CCCCO2)CCC1. The zero-order valence-corrected chi connectivity index (χ0v) is 9.30.